The summed E-state index contributed by atoms with van der Waals surface area (Å²) in [4.78, 5) is 5.12. The lowest BCUT2D eigenvalue weighted by Crippen LogP contribution is -2.48. The van der Waals surface area contributed by atoms with Gasteiger partial charge < -0.3 is 4.90 Å². The Labute approximate surface area is 89.3 Å². The molecule has 0 aromatic heterocycles. The van der Waals surface area contributed by atoms with Gasteiger partial charge in [0.2, 0.25) is 0 Å². The van der Waals surface area contributed by atoms with E-state index in [0.29, 0.717) is 0 Å². The molecular weight excluding hydrogens is 172 g/mol. The van der Waals surface area contributed by atoms with Crippen LogP contribution in [-0.2, 0) is 0 Å². The van der Waals surface area contributed by atoms with Crippen molar-refractivity contribution in [1.29, 1.82) is 0 Å². The zero-order valence-corrected chi connectivity index (χ0v) is 10.1. The highest BCUT2D eigenvalue weighted by Gasteiger charge is 2.20. The summed E-state index contributed by atoms with van der Waals surface area (Å²) in [6, 6.07) is 0.851. The van der Waals surface area contributed by atoms with Crippen molar-refractivity contribution in [3.63, 3.8) is 0 Å². The van der Waals surface area contributed by atoms with Crippen molar-refractivity contribution < 1.29 is 0 Å². The maximum Gasteiger partial charge on any atom is 0.0113 e. The number of hydrogen-bond acceptors (Lipinski definition) is 2. The van der Waals surface area contributed by atoms with Crippen LogP contribution in [0.2, 0.25) is 0 Å². The molecular formula is C12H26N2. The van der Waals surface area contributed by atoms with E-state index in [1.807, 2.05) is 0 Å². The molecule has 2 heteroatoms. The molecule has 1 fully saturated rings. The van der Waals surface area contributed by atoms with Gasteiger partial charge in [0, 0.05) is 32.2 Å². The lowest BCUT2D eigenvalue weighted by Gasteiger charge is -2.37. The molecule has 1 rings (SSSR count). The first-order valence-corrected chi connectivity index (χ1v) is 6.20. The highest BCUT2D eigenvalue weighted by Crippen LogP contribution is 2.14. The van der Waals surface area contributed by atoms with E-state index in [4.69, 9.17) is 0 Å². The van der Waals surface area contributed by atoms with Crippen LogP contribution in [0.4, 0.5) is 0 Å². The normalized spacial score (nSPS) is 22.5. The van der Waals surface area contributed by atoms with Crippen LogP contribution in [0.25, 0.3) is 0 Å². The second-order valence-corrected chi connectivity index (χ2v) is 4.54. The van der Waals surface area contributed by atoms with Crippen molar-refractivity contribution in [3.8, 4) is 0 Å². The third kappa shape index (κ3) is 3.58. The SMILES string of the molecule is CCCC[C@H](CC)N1CCN(C)CC1. The van der Waals surface area contributed by atoms with Gasteiger partial charge >= 0.3 is 0 Å². The second-order valence-electron chi connectivity index (χ2n) is 4.54. The number of nitrogens with zero attached hydrogens (tertiary/aromatic N) is 2. The predicted octanol–water partition coefficient (Wildman–Crippen LogP) is 2.20. The molecule has 0 spiro atoms. The first-order chi connectivity index (χ1) is 6.77. The van der Waals surface area contributed by atoms with Crippen molar-refractivity contribution in [2.75, 3.05) is 33.2 Å². The largest absolute Gasteiger partial charge is 0.304 e. The molecule has 1 saturated heterocycles. The maximum absolute atomic E-state index is 2.69. The molecule has 0 radical (unpaired) electrons. The number of hydrogen-bond donors (Lipinski definition) is 0. The van der Waals surface area contributed by atoms with E-state index < -0.39 is 0 Å². The van der Waals surface area contributed by atoms with E-state index in [9.17, 15) is 0 Å². The third-order valence-corrected chi connectivity index (χ3v) is 3.42. The maximum atomic E-state index is 2.69. The zero-order chi connectivity index (χ0) is 10.4. The second kappa shape index (κ2) is 6.41. The molecule has 1 aliphatic rings. The van der Waals surface area contributed by atoms with Crippen molar-refractivity contribution >= 4 is 0 Å². The highest BCUT2D eigenvalue weighted by molar-refractivity contribution is 4.76. The zero-order valence-electron chi connectivity index (χ0n) is 10.1. The summed E-state index contributed by atoms with van der Waals surface area (Å²) >= 11 is 0. The van der Waals surface area contributed by atoms with Crippen molar-refractivity contribution in [2.24, 2.45) is 0 Å². The number of unbranched alkanes of at least 4 members (excludes halogenated alkanes) is 1. The van der Waals surface area contributed by atoms with Gasteiger partial charge in [-0.25, -0.2) is 0 Å². The summed E-state index contributed by atoms with van der Waals surface area (Å²) in [6.45, 7) is 9.68. The minimum Gasteiger partial charge on any atom is -0.304 e. The van der Waals surface area contributed by atoms with Crippen molar-refractivity contribution in [3.05, 3.63) is 0 Å². The highest BCUT2D eigenvalue weighted by atomic mass is 15.3. The molecule has 0 aliphatic carbocycles. The van der Waals surface area contributed by atoms with E-state index in [1.54, 1.807) is 0 Å². The minimum absolute atomic E-state index is 0.851. The average Bonchev–Trinajstić information content (AvgIpc) is 2.21. The van der Waals surface area contributed by atoms with E-state index in [-0.39, 0.29) is 0 Å². The van der Waals surface area contributed by atoms with Gasteiger partial charge in [-0.1, -0.05) is 26.7 Å². The molecule has 0 N–H and O–H groups in total. The van der Waals surface area contributed by atoms with Gasteiger partial charge in [-0.3, -0.25) is 4.90 Å². The van der Waals surface area contributed by atoms with Gasteiger partial charge in [-0.05, 0) is 19.9 Å². The number of rotatable bonds is 5. The van der Waals surface area contributed by atoms with Crippen LogP contribution in [0, 0.1) is 0 Å². The Hall–Kier alpha value is -0.0800. The Morgan fingerprint density at radius 3 is 2.21 bits per heavy atom. The summed E-state index contributed by atoms with van der Waals surface area (Å²) in [5.74, 6) is 0. The smallest absolute Gasteiger partial charge is 0.0113 e. The molecule has 0 aromatic rings. The van der Waals surface area contributed by atoms with Gasteiger partial charge in [-0.2, -0.15) is 0 Å². The molecule has 14 heavy (non-hydrogen) atoms. The van der Waals surface area contributed by atoms with Crippen LogP contribution >= 0.6 is 0 Å². The summed E-state index contributed by atoms with van der Waals surface area (Å²) < 4.78 is 0. The molecule has 84 valence electrons. The molecule has 1 atom stereocenters. The topological polar surface area (TPSA) is 6.48 Å². The van der Waals surface area contributed by atoms with Gasteiger partial charge in [-0.15, -0.1) is 0 Å². The molecule has 1 aliphatic heterocycles. The van der Waals surface area contributed by atoms with Crippen LogP contribution < -0.4 is 0 Å². The van der Waals surface area contributed by atoms with Crippen LogP contribution in [0.15, 0.2) is 0 Å². The molecule has 0 saturated carbocycles. The predicted molar refractivity (Wildman–Crippen MR) is 62.7 cm³/mol. The summed E-state index contributed by atoms with van der Waals surface area (Å²) in [5, 5.41) is 0. The molecule has 0 bridgehead atoms. The fourth-order valence-corrected chi connectivity index (χ4v) is 2.27. The minimum atomic E-state index is 0.851. The summed E-state index contributed by atoms with van der Waals surface area (Å²) in [6.07, 6.45) is 5.45. The monoisotopic (exact) mass is 198 g/mol. The van der Waals surface area contributed by atoms with Crippen LogP contribution in [0.5, 0.6) is 0 Å². The van der Waals surface area contributed by atoms with Crippen molar-refractivity contribution in [1.82, 2.24) is 9.80 Å². The van der Waals surface area contributed by atoms with Gasteiger partial charge in [0.15, 0.2) is 0 Å². The van der Waals surface area contributed by atoms with E-state index in [1.165, 1.54) is 51.9 Å². The Kier molecular flexibility index (Phi) is 5.49. The van der Waals surface area contributed by atoms with Gasteiger partial charge in [0.05, 0.1) is 0 Å². The number of likely N-dealkylation sites (N-methyl/N-ethyl adjacent to an activating group) is 1. The summed E-state index contributed by atoms with van der Waals surface area (Å²) in [5.41, 5.74) is 0. The lowest BCUT2D eigenvalue weighted by molar-refractivity contribution is 0.103. The van der Waals surface area contributed by atoms with E-state index in [0.717, 1.165) is 6.04 Å². The number of piperazine rings is 1. The van der Waals surface area contributed by atoms with Gasteiger partial charge in [0.25, 0.3) is 0 Å². The quantitative estimate of drug-likeness (QED) is 0.668. The third-order valence-electron chi connectivity index (χ3n) is 3.42. The Balaban J connectivity index is 2.29. The van der Waals surface area contributed by atoms with Crippen LogP contribution in [0.1, 0.15) is 39.5 Å². The first kappa shape index (κ1) is 12.0. The molecule has 1 heterocycles. The lowest BCUT2D eigenvalue weighted by atomic mass is 10.0. The first-order valence-electron chi connectivity index (χ1n) is 6.20. The standard InChI is InChI=1S/C12H26N2/c1-4-6-7-12(5-2)14-10-8-13(3)9-11-14/h12H,4-11H2,1-3H3/t12-/m0/s1. The fourth-order valence-electron chi connectivity index (χ4n) is 2.27. The van der Waals surface area contributed by atoms with E-state index >= 15 is 0 Å². The molecule has 0 amide bonds. The molecule has 2 nitrogen and oxygen atoms in total. The van der Waals surface area contributed by atoms with Crippen LogP contribution in [0.3, 0.4) is 0 Å². The molecule has 0 aromatic carbocycles. The Bertz CT molecular complexity index is 137. The Morgan fingerprint density at radius 1 is 1.07 bits per heavy atom. The van der Waals surface area contributed by atoms with Gasteiger partial charge in [0.1, 0.15) is 0 Å². The van der Waals surface area contributed by atoms with E-state index in [2.05, 4.69) is 30.7 Å². The van der Waals surface area contributed by atoms with Crippen molar-refractivity contribution in [2.45, 2.75) is 45.6 Å². The van der Waals surface area contributed by atoms with Crippen LogP contribution in [-0.4, -0.2) is 49.1 Å². The molecule has 0 unspecified atom stereocenters. The average molecular weight is 198 g/mol. The fraction of sp³-hybridized carbons (Fsp3) is 1.00. The summed E-state index contributed by atoms with van der Waals surface area (Å²) in [7, 11) is 2.23. The Morgan fingerprint density at radius 2 is 1.71 bits per heavy atom.